The van der Waals surface area contributed by atoms with Crippen LogP contribution < -0.4 is 10.1 Å². The summed E-state index contributed by atoms with van der Waals surface area (Å²) in [4.78, 5) is 2.09. The lowest BCUT2D eigenvalue weighted by Crippen LogP contribution is -2.65. The second-order valence-electron chi connectivity index (χ2n) is 5.67. The van der Waals surface area contributed by atoms with E-state index < -0.39 is 5.72 Å². The Bertz CT molecular complexity index is 549. The van der Waals surface area contributed by atoms with Gasteiger partial charge in [-0.3, -0.25) is 0 Å². The third-order valence-electron chi connectivity index (χ3n) is 4.09. The van der Waals surface area contributed by atoms with Gasteiger partial charge in [-0.2, -0.15) is 0 Å². The molecule has 3 rings (SSSR count). The highest BCUT2D eigenvalue weighted by Crippen LogP contribution is 2.44. The van der Waals surface area contributed by atoms with Crippen molar-refractivity contribution < 1.29 is 9.47 Å². The van der Waals surface area contributed by atoms with Crippen LogP contribution in [-0.2, 0) is 4.74 Å². The van der Waals surface area contributed by atoms with Crippen molar-refractivity contribution in [1.29, 1.82) is 0 Å². The number of ether oxygens (including phenoxy) is 2. The van der Waals surface area contributed by atoms with E-state index in [4.69, 9.17) is 21.7 Å². The molecule has 2 heterocycles. The Hall–Kier alpha value is -1.33. The number of hydrogen-bond donors (Lipinski definition) is 1. The molecule has 2 unspecified atom stereocenters. The number of hydrogen-bond acceptors (Lipinski definition) is 3. The van der Waals surface area contributed by atoms with Crippen LogP contribution in [-0.4, -0.2) is 36.0 Å². The van der Waals surface area contributed by atoms with Crippen LogP contribution in [0.3, 0.4) is 0 Å². The van der Waals surface area contributed by atoms with Crippen molar-refractivity contribution in [2.45, 2.75) is 32.0 Å². The van der Waals surface area contributed by atoms with Gasteiger partial charge in [-0.25, -0.2) is 0 Å². The molecule has 1 fully saturated rings. The number of aryl methyl sites for hydroxylation is 1. The Morgan fingerprint density at radius 1 is 1.55 bits per heavy atom. The van der Waals surface area contributed by atoms with Gasteiger partial charge in [0.25, 0.3) is 0 Å². The molecule has 2 bridgehead atoms. The van der Waals surface area contributed by atoms with Crippen LogP contribution >= 0.6 is 12.2 Å². The van der Waals surface area contributed by atoms with Crippen LogP contribution in [0.2, 0.25) is 0 Å². The highest BCUT2D eigenvalue weighted by molar-refractivity contribution is 7.80. The zero-order valence-electron chi connectivity index (χ0n) is 12.1. The molecular formula is C15H20N2O2S. The number of rotatable bonds is 3. The van der Waals surface area contributed by atoms with Crippen molar-refractivity contribution >= 4 is 17.3 Å². The van der Waals surface area contributed by atoms with Crippen molar-refractivity contribution in [2.24, 2.45) is 0 Å². The molecule has 2 aliphatic heterocycles. The molecule has 0 amide bonds. The van der Waals surface area contributed by atoms with E-state index in [9.17, 15) is 0 Å². The Kier molecular flexibility index (Phi) is 3.34. The maximum absolute atomic E-state index is 6.27. The standard InChI is InChI=1S/C15H20N2O2S/c1-10-4-5-13-11(8-10)12-9-15(2,19-13)17(6-7-18-3)14(20)16-12/h4-5,8,12H,6-7,9H2,1-3H3,(H,16,20). The Morgan fingerprint density at radius 3 is 3.10 bits per heavy atom. The third-order valence-corrected chi connectivity index (χ3v) is 4.42. The second-order valence-corrected chi connectivity index (χ2v) is 6.06. The van der Waals surface area contributed by atoms with Crippen molar-refractivity contribution in [3.8, 4) is 5.75 Å². The number of nitrogens with one attached hydrogen (secondary N) is 1. The number of nitrogens with zero attached hydrogens (tertiary/aromatic N) is 1. The summed E-state index contributed by atoms with van der Waals surface area (Å²) in [5.41, 5.74) is 2.05. The van der Waals surface area contributed by atoms with Gasteiger partial charge in [-0.05, 0) is 32.1 Å². The molecule has 1 N–H and O–H groups in total. The average molecular weight is 292 g/mol. The van der Waals surface area contributed by atoms with E-state index in [0.717, 1.165) is 23.8 Å². The minimum atomic E-state index is -0.395. The van der Waals surface area contributed by atoms with Crippen molar-refractivity contribution in [1.82, 2.24) is 10.2 Å². The fourth-order valence-electron chi connectivity index (χ4n) is 3.06. The minimum absolute atomic E-state index is 0.231. The monoisotopic (exact) mass is 292 g/mol. The van der Waals surface area contributed by atoms with Crippen LogP contribution in [0.15, 0.2) is 18.2 Å². The first-order chi connectivity index (χ1) is 9.53. The smallest absolute Gasteiger partial charge is 0.184 e. The molecule has 0 radical (unpaired) electrons. The molecule has 5 heteroatoms. The summed E-state index contributed by atoms with van der Waals surface area (Å²) in [6.07, 6.45) is 0.882. The lowest BCUT2D eigenvalue weighted by Gasteiger charge is -2.52. The summed E-state index contributed by atoms with van der Waals surface area (Å²) >= 11 is 5.51. The zero-order chi connectivity index (χ0) is 14.3. The van der Waals surface area contributed by atoms with Gasteiger partial charge >= 0.3 is 0 Å². The molecular weight excluding hydrogens is 272 g/mol. The Balaban J connectivity index is 1.96. The van der Waals surface area contributed by atoms with Crippen LogP contribution in [0.25, 0.3) is 0 Å². The van der Waals surface area contributed by atoms with Crippen LogP contribution in [0, 0.1) is 6.92 Å². The average Bonchev–Trinajstić information content (AvgIpc) is 2.39. The van der Waals surface area contributed by atoms with Gasteiger partial charge < -0.3 is 19.7 Å². The second kappa shape index (κ2) is 4.90. The van der Waals surface area contributed by atoms with Gasteiger partial charge in [-0.1, -0.05) is 17.7 Å². The zero-order valence-corrected chi connectivity index (χ0v) is 12.9. The molecule has 0 aliphatic carbocycles. The molecule has 20 heavy (non-hydrogen) atoms. The molecule has 1 saturated heterocycles. The maximum atomic E-state index is 6.27. The van der Waals surface area contributed by atoms with Gasteiger partial charge in [0.15, 0.2) is 10.8 Å². The molecule has 1 aromatic rings. The SMILES string of the molecule is COCCN1C(=S)NC2CC1(C)Oc1ccc(C)cc12. The van der Waals surface area contributed by atoms with Gasteiger partial charge in [-0.15, -0.1) is 0 Å². The summed E-state index contributed by atoms with van der Waals surface area (Å²) in [6, 6.07) is 6.55. The first-order valence-corrected chi connectivity index (χ1v) is 7.31. The third kappa shape index (κ3) is 2.15. The molecule has 2 atom stereocenters. The summed E-state index contributed by atoms with van der Waals surface area (Å²) in [5, 5.41) is 4.18. The van der Waals surface area contributed by atoms with E-state index in [1.807, 2.05) is 0 Å². The lowest BCUT2D eigenvalue weighted by molar-refractivity contribution is -0.0740. The summed E-state index contributed by atoms with van der Waals surface area (Å²) in [7, 11) is 1.70. The topological polar surface area (TPSA) is 33.7 Å². The molecule has 2 aliphatic rings. The molecule has 0 spiro atoms. The minimum Gasteiger partial charge on any atom is -0.468 e. The summed E-state index contributed by atoms with van der Waals surface area (Å²) < 4.78 is 11.4. The fourth-order valence-corrected chi connectivity index (χ4v) is 3.48. The van der Waals surface area contributed by atoms with Crippen molar-refractivity contribution in [3.63, 3.8) is 0 Å². The first-order valence-electron chi connectivity index (χ1n) is 6.90. The summed E-state index contributed by atoms with van der Waals surface area (Å²) in [6.45, 7) is 5.56. The molecule has 0 saturated carbocycles. The maximum Gasteiger partial charge on any atom is 0.184 e. The number of fused-ring (bicyclic) bond motifs is 4. The fraction of sp³-hybridized carbons (Fsp3) is 0.533. The van der Waals surface area contributed by atoms with E-state index in [1.165, 1.54) is 11.1 Å². The molecule has 4 nitrogen and oxygen atoms in total. The highest BCUT2D eigenvalue weighted by atomic mass is 32.1. The molecule has 1 aromatic carbocycles. The number of methoxy groups -OCH3 is 1. The Labute approximate surface area is 125 Å². The summed E-state index contributed by atoms with van der Waals surface area (Å²) in [5.74, 6) is 0.951. The first kappa shape index (κ1) is 13.6. The van der Waals surface area contributed by atoms with E-state index in [2.05, 4.69) is 42.3 Å². The molecule has 0 aromatic heterocycles. The predicted octanol–water partition coefficient (Wildman–Crippen LogP) is 2.37. The van der Waals surface area contributed by atoms with Crippen LogP contribution in [0.5, 0.6) is 5.75 Å². The van der Waals surface area contributed by atoms with E-state index in [0.29, 0.717) is 6.61 Å². The van der Waals surface area contributed by atoms with Gasteiger partial charge in [0, 0.05) is 25.6 Å². The van der Waals surface area contributed by atoms with Crippen LogP contribution in [0.4, 0.5) is 0 Å². The van der Waals surface area contributed by atoms with Gasteiger partial charge in [0.2, 0.25) is 0 Å². The van der Waals surface area contributed by atoms with Crippen LogP contribution in [0.1, 0.15) is 30.5 Å². The quantitative estimate of drug-likeness (QED) is 0.865. The number of thiocarbonyl (C=S) groups is 1. The van der Waals surface area contributed by atoms with E-state index >= 15 is 0 Å². The van der Waals surface area contributed by atoms with E-state index in [1.54, 1.807) is 7.11 Å². The van der Waals surface area contributed by atoms with Gasteiger partial charge in [0.1, 0.15) is 5.75 Å². The van der Waals surface area contributed by atoms with Crippen molar-refractivity contribution in [2.75, 3.05) is 20.3 Å². The predicted molar refractivity (Wildman–Crippen MR) is 81.9 cm³/mol. The number of benzene rings is 1. The lowest BCUT2D eigenvalue weighted by atomic mass is 9.90. The largest absolute Gasteiger partial charge is 0.468 e. The highest BCUT2D eigenvalue weighted by Gasteiger charge is 2.47. The molecule has 108 valence electrons. The van der Waals surface area contributed by atoms with Crippen molar-refractivity contribution in [3.05, 3.63) is 29.3 Å². The van der Waals surface area contributed by atoms with E-state index in [-0.39, 0.29) is 6.04 Å². The van der Waals surface area contributed by atoms with Gasteiger partial charge in [0.05, 0.1) is 12.6 Å². The Morgan fingerprint density at radius 2 is 2.35 bits per heavy atom. The normalized spacial score (nSPS) is 27.6.